The molecule has 0 bridgehead atoms. The van der Waals surface area contributed by atoms with Crippen LogP contribution in [0.4, 0.5) is 0 Å². The fourth-order valence-corrected chi connectivity index (χ4v) is 5.21. The third-order valence-corrected chi connectivity index (χ3v) is 7.55. The molecule has 6 aromatic rings. The molecule has 0 spiro atoms. The highest BCUT2D eigenvalue weighted by atomic mass is 79.9. The number of carbonyl (C=O) groups is 1. The van der Waals surface area contributed by atoms with Gasteiger partial charge in [-0.3, -0.25) is 4.79 Å². The van der Waals surface area contributed by atoms with Gasteiger partial charge < -0.3 is 5.11 Å². The van der Waals surface area contributed by atoms with Crippen molar-refractivity contribution in [2.75, 3.05) is 10.7 Å². The molecule has 0 radical (unpaired) electrons. The van der Waals surface area contributed by atoms with Gasteiger partial charge >= 0.3 is 0 Å². The molecule has 2 nitrogen and oxygen atoms in total. The van der Waals surface area contributed by atoms with Gasteiger partial charge in [0.1, 0.15) is 0 Å². The van der Waals surface area contributed by atoms with Gasteiger partial charge in [0.05, 0.1) is 11.4 Å². The largest absolute Gasteiger partial charge is 0.388 e. The average molecular weight is 600 g/mol. The molecule has 0 fully saturated rings. The van der Waals surface area contributed by atoms with Crippen molar-refractivity contribution in [1.82, 2.24) is 0 Å². The van der Waals surface area contributed by atoms with Crippen molar-refractivity contribution < 1.29 is 9.90 Å². The molecular weight excluding hydrogens is 576 g/mol. The quantitative estimate of drug-likeness (QED) is 0.125. The van der Waals surface area contributed by atoms with Crippen LogP contribution in [0.1, 0.15) is 22.0 Å². The molecule has 6 rings (SSSR count). The predicted molar refractivity (Wildman–Crippen MR) is 160 cm³/mol. The third kappa shape index (κ3) is 5.08. The lowest BCUT2D eigenvalue weighted by atomic mass is 9.98. The molecule has 0 heterocycles. The first-order valence-corrected chi connectivity index (χ1v) is 14.0. The summed E-state index contributed by atoms with van der Waals surface area (Å²) in [4.78, 5) is 11.9. The Hall–Kier alpha value is -3.05. The van der Waals surface area contributed by atoms with Crippen LogP contribution in [0, 0.1) is 0 Å². The van der Waals surface area contributed by atoms with E-state index < -0.39 is 6.10 Å². The van der Waals surface area contributed by atoms with Gasteiger partial charge in [0.2, 0.25) is 0 Å². The Morgan fingerprint density at radius 1 is 0.611 bits per heavy atom. The summed E-state index contributed by atoms with van der Waals surface area (Å²) in [6.45, 7) is 0. The highest BCUT2D eigenvalue weighted by Crippen LogP contribution is 2.27. The van der Waals surface area contributed by atoms with Crippen LogP contribution in [0.5, 0.6) is 0 Å². The molecular formula is C32H24Br2O2. The summed E-state index contributed by atoms with van der Waals surface area (Å²) in [5, 5.41) is 20.1. The molecule has 36 heavy (non-hydrogen) atoms. The van der Waals surface area contributed by atoms with Gasteiger partial charge in [0.25, 0.3) is 0 Å². The standard InChI is InChI=1S/C16H11BrO.C16H13BrO/c17-10-16(18)14-7-3-6-13-8-11-4-1-2-5-12(11)9-15(13)14;17-10-16(18)14-6-5-13-7-11-3-1-2-4-12(11)8-15(13)9-14/h1-9H,10H2;1-9,16,18H,10H2. The summed E-state index contributed by atoms with van der Waals surface area (Å²) in [5.41, 5.74) is 1.74. The van der Waals surface area contributed by atoms with E-state index >= 15 is 0 Å². The van der Waals surface area contributed by atoms with E-state index in [1.165, 1.54) is 32.3 Å². The van der Waals surface area contributed by atoms with Crippen molar-refractivity contribution in [1.29, 1.82) is 0 Å². The van der Waals surface area contributed by atoms with Crippen molar-refractivity contribution in [3.63, 3.8) is 0 Å². The number of halogens is 2. The van der Waals surface area contributed by atoms with Crippen LogP contribution in [0.2, 0.25) is 0 Å². The summed E-state index contributed by atoms with van der Waals surface area (Å²) in [7, 11) is 0. The van der Waals surface area contributed by atoms with Crippen LogP contribution < -0.4 is 0 Å². The molecule has 0 aliphatic carbocycles. The molecule has 0 aliphatic rings. The molecule has 0 saturated heterocycles. The van der Waals surface area contributed by atoms with Crippen molar-refractivity contribution in [2.24, 2.45) is 0 Å². The molecule has 0 aliphatic heterocycles. The number of carbonyl (C=O) groups excluding carboxylic acids is 1. The van der Waals surface area contributed by atoms with Crippen LogP contribution in [0.3, 0.4) is 0 Å². The third-order valence-electron chi connectivity index (χ3n) is 6.43. The Labute approximate surface area is 226 Å². The van der Waals surface area contributed by atoms with E-state index in [9.17, 15) is 9.90 Å². The second kappa shape index (κ2) is 10.9. The predicted octanol–water partition coefficient (Wildman–Crippen LogP) is 8.99. The summed E-state index contributed by atoms with van der Waals surface area (Å²) in [6, 6.07) is 37.1. The zero-order chi connectivity index (χ0) is 25.1. The van der Waals surface area contributed by atoms with E-state index in [4.69, 9.17) is 0 Å². The molecule has 6 aromatic carbocycles. The first-order valence-electron chi connectivity index (χ1n) is 11.7. The zero-order valence-corrected chi connectivity index (χ0v) is 22.7. The molecule has 1 N–H and O–H groups in total. The van der Waals surface area contributed by atoms with Gasteiger partial charge in [-0.25, -0.2) is 0 Å². The Balaban J connectivity index is 0.000000148. The van der Waals surface area contributed by atoms with Gasteiger partial charge in [0, 0.05) is 10.9 Å². The monoisotopic (exact) mass is 598 g/mol. The van der Waals surface area contributed by atoms with Crippen LogP contribution in [0.25, 0.3) is 43.1 Å². The van der Waals surface area contributed by atoms with Crippen molar-refractivity contribution >= 4 is 80.7 Å². The van der Waals surface area contributed by atoms with E-state index in [2.05, 4.69) is 98.6 Å². The minimum atomic E-state index is -0.444. The summed E-state index contributed by atoms with van der Waals surface area (Å²) in [5.74, 6) is 0.121. The molecule has 178 valence electrons. The topological polar surface area (TPSA) is 37.3 Å². The number of aliphatic hydroxyl groups is 1. The molecule has 0 aromatic heterocycles. The van der Waals surface area contributed by atoms with Crippen molar-refractivity contribution in [2.45, 2.75) is 6.10 Å². The number of Topliss-reactive ketones (excluding diaryl/α,β-unsaturated/α-hetero) is 1. The maximum absolute atomic E-state index is 11.9. The molecule has 0 saturated carbocycles. The van der Waals surface area contributed by atoms with E-state index in [-0.39, 0.29) is 5.78 Å². The normalized spacial score (nSPS) is 12.0. The molecule has 4 heteroatoms. The number of fused-ring (bicyclic) bond motifs is 4. The minimum Gasteiger partial charge on any atom is -0.388 e. The number of hydrogen-bond acceptors (Lipinski definition) is 2. The highest BCUT2D eigenvalue weighted by molar-refractivity contribution is 9.09. The first kappa shape index (κ1) is 24.6. The van der Waals surface area contributed by atoms with Crippen LogP contribution in [-0.2, 0) is 0 Å². The maximum Gasteiger partial charge on any atom is 0.173 e. The number of rotatable bonds is 4. The summed E-state index contributed by atoms with van der Waals surface area (Å²) >= 11 is 6.54. The van der Waals surface area contributed by atoms with Crippen LogP contribution in [0.15, 0.2) is 109 Å². The molecule has 1 unspecified atom stereocenters. The van der Waals surface area contributed by atoms with E-state index in [0.29, 0.717) is 10.7 Å². The average Bonchev–Trinajstić information content (AvgIpc) is 2.93. The fraction of sp³-hybridized carbons (Fsp3) is 0.0938. The first-order chi connectivity index (χ1) is 17.6. The Bertz CT molecular complexity index is 1710. The van der Waals surface area contributed by atoms with E-state index in [1.807, 2.05) is 42.5 Å². The lowest BCUT2D eigenvalue weighted by Gasteiger charge is -2.09. The summed E-state index contributed by atoms with van der Waals surface area (Å²) in [6.07, 6.45) is -0.444. The number of benzene rings is 6. The fourth-order valence-electron chi connectivity index (χ4n) is 4.54. The number of ketones is 1. The van der Waals surface area contributed by atoms with Gasteiger partial charge in [-0.1, -0.05) is 111 Å². The molecule has 0 amide bonds. The Kier molecular flexibility index (Phi) is 7.47. The van der Waals surface area contributed by atoms with Gasteiger partial charge in [-0.15, -0.1) is 0 Å². The number of aliphatic hydroxyl groups excluding tert-OH is 1. The van der Waals surface area contributed by atoms with Crippen molar-refractivity contribution in [3.8, 4) is 0 Å². The zero-order valence-electron chi connectivity index (χ0n) is 19.5. The van der Waals surface area contributed by atoms with E-state index in [0.717, 1.165) is 21.9 Å². The number of alkyl halides is 2. The van der Waals surface area contributed by atoms with Crippen LogP contribution >= 0.6 is 31.9 Å². The van der Waals surface area contributed by atoms with E-state index in [1.54, 1.807) is 0 Å². The Morgan fingerprint density at radius 3 is 1.75 bits per heavy atom. The number of hydrogen-bond donors (Lipinski definition) is 1. The Morgan fingerprint density at radius 2 is 1.14 bits per heavy atom. The van der Waals surface area contributed by atoms with Gasteiger partial charge in [-0.2, -0.15) is 0 Å². The second-order valence-corrected chi connectivity index (χ2v) is 9.97. The summed E-state index contributed by atoms with van der Waals surface area (Å²) < 4.78 is 0. The lowest BCUT2D eigenvalue weighted by Crippen LogP contribution is -2.00. The second-order valence-electron chi connectivity index (χ2n) is 8.76. The van der Waals surface area contributed by atoms with Crippen molar-refractivity contribution in [3.05, 3.63) is 120 Å². The lowest BCUT2D eigenvalue weighted by molar-refractivity contribution is 0.102. The molecule has 1 atom stereocenters. The highest BCUT2D eigenvalue weighted by Gasteiger charge is 2.09. The SMILES string of the molecule is O=C(CBr)c1cccc2cc3ccccc3cc12.OC(CBr)c1ccc2cc3ccccc3cc2c1. The smallest absolute Gasteiger partial charge is 0.173 e. The van der Waals surface area contributed by atoms with Gasteiger partial charge in [-0.05, 0) is 79.0 Å². The maximum atomic E-state index is 11.9. The van der Waals surface area contributed by atoms with Crippen LogP contribution in [-0.4, -0.2) is 21.5 Å². The minimum absolute atomic E-state index is 0.121. The van der Waals surface area contributed by atoms with Gasteiger partial charge in [0.15, 0.2) is 5.78 Å².